The summed E-state index contributed by atoms with van der Waals surface area (Å²) >= 11 is 3.14. The number of piperidine rings is 1. The van der Waals surface area contributed by atoms with Crippen molar-refractivity contribution < 1.29 is 12.8 Å². The first kappa shape index (κ1) is 19.8. The molecule has 8 heteroatoms. The highest BCUT2D eigenvalue weighted by molar-refractivity contribution is 9.10. The monoisotopic (exact) mass is 414 g/mol. The molecule has 4 nitrogen and oxygen atoms in total. The van der Waals surface area contributed by atoms with Gasteiger partial charge in [0.2, 0.25) is 10.0 Å². The SMILES string of the molecule is CCNCC1CCN(S(=O)(=O)c2ccc(Br)cc2F)CC1.Cl. The molecule has 1 heterocycles. The van der Waals surface area contributed by atoms with Crippen molar-refractivity contribution in [1.82, 2.24) is 9.62 Å². The molecule has 0 spiro atoms. The van der Waals surface area contributed by atoms with E-state index in [1.54, 1.807) is 6.07 Å². The van der Waals surface area contributed by atoms with Crippen LogP contribution < -0.4 is 5.32 Å². The molecule has 0 bridgehead atoms. The summed E-state index contributed by atoms with van der Waals surface area (Å²) in [7, 11) is -3.74. The van der Waals surface area contributed by atoms with Gasteiger partial charge >= 0.3 is 0 Å². The molecule has 22 heavy (non-hydrogen) atoms. The van der Waals surface area contributed by atoms with Crippen molar-refractivity contribution in [3.8, 4) is 0 Å². The molecule has 0 amide bonds. The Balaban J connectivity index is 0.00000242. The molecule has 1 aromatic carbocycles. The average molecular weight is 416 g/mol. The summed E-state index contributed by atoms with van der Waals surface area (Å²) in [5.41, 5.74) is 0. The van der Waals surface area contributed by atoms with Gasteiger partial charge in [0.05, 0.1) is 0 Å². The highest BCUT2D eigenvalue weighted by Gasteiger charge is 2.31. The van der Waals surface area contributed by atoms with Crippen LogP contribution in [-0.4, -0.2) is 38.9 Å². The van der Waals surface area contributed by atoms with Gasteiger partial charge in [-0.3, -0.25) is 0 Å². The summed E-state index contributed by atoms with van der Waals surface area (Å²) in [6, 6.07) is 4.05. The number of halogens is 3. The predicted octanol–water partition coefficient (Wildman–Crippen LogP) is 3.02. The van der Waals surface area contributed by atoms with Crippen molar-refractivity contribution in [2.45, 2.75) is 24.7 Å². The van der Waals surface area contributed by atoms with E-state index >= 15 is 0 Å². The van der Waals surface area contributed by atoms with Crippen molar-refractivity contribution in [1.29, 1.82) is 0 Å². The summed E-state index contributed by atoms with van der Waals surface area (Å²) in [5.74, 6) is -0.217. The topological polar surface area (TPSA) is 49.4 Å². The van der Waals surface area contributed by atoms with Crippen LogP contribution in [-0.2, 0) is 10.0 Å². The minimum atomic E-state index is -3.74. The summed E-state index contributed by atoms with van der Waals surface area (Å²) < 4.78 is 40.8. The zero-order valence-corrected chi connectivity index (χ0v) is 15.6. The quantitative estimate of drug-likeness (QED) is 0.804. The number of hydrogen-bond donors (Lipinski definition) is 1. The molecule has 1 aromatic rings. The summed E-state index contributed by atoms with van der Waals surface area (Å²) in [4.78, 5) is -0.240. The fourth-order valence-corrected chi connectivity index (χ4v) is 4.37. The third-order valence-corrected chi connectivity index (χ3v) is 6.19. The van der Waals surface area contributed by atoms with Crippen molar-refractivity contribution in [3.63, 3.8) is 0 Å². The van der Waals surface area contributed by atoms with Gasteiger partial charge in [-0.05, 0) is 50.0 Å². The van der Waals surface area contributed by atoms with E-state index in [2.05, 4.69) is 28.2 Å². The maximum absolute atomic E-state index is 13.9. The third kappa shape index (κ3) is 4.64. The zero-order valence-electron chi connectivity index (χ0n) is 12.4. The average Bonchev–Trinajstić information content (AvgIpc) is 2.45. The minimum absolute atomic E-state index is 0. The van der Waals surface area contributed by atoms with Crippen LogP contribution in [0.25, 0.3) is 0 Å². The van der Waals surface area contributed by atoms with Gasteiger partial charge in [0.1, 0.15) is 10.7 Å². The molecule has 0 aromatic heterocycles. The van der Waals surface area contributed by atoms with E-state index in [0.717, 1.165) is 25.9 Å². The van der Waals surface area contributed by atoms with Crippen LogP contribution in [0, 0.1) is 11.7 Å². The lowest BCUT2D eigenvalue weighted by atomic mass is 9.98. The summed E-state index contributed by atoms with van der Waals surface area (Å²) in [5, 5.41) is 3.29. The molecule has 0 atom stereocenters. The molecule has 1 aliphatic heterocycles. The van der Waals surface area contributed by atoms with Gasteiger partial charge in [-0.25, -0.2) is 12.8 Å². The Labute approximate surface area is 146 Å². The van der Waals surface area contributed by atoms with Crippen LogP contribution in [0.2, 0.25) is 0 Å². The zero-order chi connectivity index (χ0) is 15.5. The molecule has 0 radical (unpaired) electrons. The van der Waals surface area contributed by atoms with Crippen molar-refractivity contribution in [2.75, 3.05) is 26.2 Å². The second-order valence-electron chi connectivity index (χ2n) is 5.23. The number of benzene rings is 1. The van der Waals surface area contributed by atoms with Crippen molar-refractivity contribution >= 4 is 38.4 Å². The molecular formula is C14H21BrClFN2O2S. The molecule has 2 rings (SSSR count). The van der Waals surface area contributed by atoms with E-state index in [1.165, 1.54) is 16.4 Å². The third-order valence-electron chi connectivity index (χ3n) is 3.77. The molecule has 1 fully saturated rings. The van der Waals surface area contributed by atoms with Crippen LogP contribution >= 0.6 is 28.3 Å². The van der Waals surface area contributed by atoms with Crippen LogP contribution in [0.4, 0.5) is 4.39 Å². The Morgan fingerprint density at radius 3 is 2.55 bits per heavy atom. The van der Waals surface area contributed by atoms with Gasteiger partial charge in [-0.2, -0.15) is 4.31 Å². The van der Waals surface area contributed by atoms with Crippen LogP contribution in [0.1, 0.15) is 19.8 Å². The standard InChI is InChI=1S/C14H20BrFN2O2S.ClH/c1-2-17-10-11-5-7-18(8-6-11)21(19,20)14-4-3-12(15)9-13(14)16;/h3-4,9,11,17H,2,5-8,10H2,1H3;1H. The molecule has 1 aliphatic rings. The van der Waals surface area contributed by atoms with E-state index in [1.807, 2.05) is 0 Å². The number of hydrogen-bond acceptors (Lipinski definition) is 3. The molecular weight excluding hydrogens is 395 g/mol. The van der Waals surface area contributed by atoms with E-state index in [9.17, 15) is 12.8 Å². The van der Waals surface area contributed by atoms with E-state index < -0.39 is 15.8 Å². The summed E-state index contributed by atoms with van der Waals surface area (Å²) in [6.45, 7) is 4.79. The molecule has 0 unspecified atom stereocenters. The van der Waals surface area contributed by atoms with E-state index in [0.29, 0.717) is 23.5 Å². The van der Waals surface area contributed by atoms with Gasteiger partial charge in [0.25, 0.3) is 0 Å². The maximum Gasteiger partial charge on any atom is 0.245 e. The van der Waals surface area contributed by atoms with Crippen LogP contribution in [0.5, 0.6) is 0 Å². The number of sulfonamides is 1. The van der Waals surface area contributed by atoms with Gasteiger partial charge in [-0.1, -0.05) is 22.9 Å². The Morgan fingerprint density at radius 1 is 1.36 bits per heavy atom. The van der Waals surface area contributed by atoms with Crippen LogP contribution in [0.3, 0.4) is 0 Å². The van der Waals surface area contributed by atoms with Gasteiger partial charge in [0.15, 0.2) is 0 Å². The first-order valence-electron chi connectivity index (χ1n) is 7.11. The molecule has 0 saturated carbocycles. The van der Waals surface area contributed by atoms with Crippen molar-refractivity contribution in [3.05, 3.63) is 28.5 Å². The number of rotatable bonds is 5. The first-order valence-corrected chi connectivity index (χ1v) is 9.34. The first-order chi connectivity index (χ1) is 9.95. The van der Waals surface area contributed by atoms with Gasteiger partial charge in [-0.15, -0.1) is 12.4 Å². The number of nitrogens with zero attached hydrogens (tertiary/aromatic N) is 1. The normalized spacial score (nSPS) is 17.2. The second kappa shape index (κ2) is 8.59. The molecule has 126 valence electrons. The lowest BCUT2D eigenvalue weighted by molar-refractivity contribution is 0.268. The Kier molecular flexibility index (Phi) is 7.74. The fraction of sp³-hybridized carbons (Fsp3) is 0.571. The van der Waals surface area contributed by atoms with Gasteiger partial charge in [0, 0.05) is 17.6 Å². The van der Waals surface area contributed by atoms with Gasteiger partial charge < -0.3 is 5.32 Å². The number of nitrogens with one attached hydrogen (secondary N) is 1. The molecule has 0 aliphatic carbocycles. The minimum Gasteiger partial charge on any atom is -0.317 e. The molecule has 1 saturated heterocycles. The fourth-order valence-electron chi connectivity index (χ4n) is 2.53. The molecule has 1 N–H and O–H groups in total. The smallest absolute Gasteiger partial charge is 0.245 e. The van der Waals surface area contributed by atoms with Crippen molar-refractivity contribution in [2.24, 2.45) is 5.92 Å². The lowest BCUT2D eigenvalue weighted by Crippen LogP contribution is -2.41. The Bertz CT molecular complexity index is 593. The van der Waals surface area contributed by atoms with E-state index in [4.69, 9.17) is 0 Å². The largest absolute Gasteiger partial charge is 0.317 e. The Morgan fingerprint density at radius 2 is 2.00 bits per heavy atom. The lowest BCUT2D eigenvalue weighted by Gasteiger charge is -2.31. The highest BCUT2D eigenvalue weighted by atomic mass is 79.9. The van der Waals surface area contributed by atoms with E-state index in [-0.39, 0.29) is 17.3 Å². The summed E-state index contributed by atoms with van der Waals surface area (Å²) in [6.07, 6.45) is 1.62. The predicted molar refractivity (Wildman–Crippen MR) is 91.4 cm³/mol. The second-order valence-corrected chi connectivity index (χ2v) is 8.05. The van der Waals surface area contributed by atoms with Crippen LogP contribution in [0.15, 0.2) is 27.6 Å². The Hall–Kier alpha value is -0.210. The highest BCUT2D eigenvalue weighted by Crippen LogP contribution is 2.26. The maximum atomic E-state index is 13.9.